The zero-order valence-electron chi connectivity index (χ0n) is 23.6. The molecule has 0 saturated heterocycles. The largest absolute Gasteiger partial charge is 0.491 e. The van der Waals surface area contributed by atoms with Crippen LogP contribution in [0.1, 0.15) is 58.7 Å². The van der Waals surface area contributed by atoms with Crippen LogP contribution in [0, 0.1) is 3.57 Å². The predicted molar refractivity (Wildman–Crippen MR) is 164 cm³/mol. The third-order valence-corrected chi connectivity index (χ3v) is 7.74. The van der Waals surface area contributed by atoms with E-state index in [4.69, 9.17) is 18.9 Å². The molecule has 0 saturated carbocycles. The highest BCUT2D eigenvalue weighted by atomic mass is 127. The number of rotatable bonds is 9. The number of benzene rings is 2. The second-order valence-electron chi connectivity index (χ2n) is 9.39. The standard InChI is InChI=1S/C30H31IN2O7S/c1-7-37-23-14-19(13-22(31)27(23)40-18(6)34)15-24-28(35)33-26(20-9-11-21(12-10-20)39-16(3)4)25(29(36)38-8-2)17(5)32-30(33)41-24/h9-16,26H,7-8H2,1-6H3/b24-15-/t26-/m1/s1. The van der Waals surface area contributed by atoms with Crippen molar-refractivity contribution in [3.05, 3.63) is 82.1 Å². The molecule has 11 heteroatoms. The van der Waals surface area contributed by atoms with E-state index in [0.717, 1.165) is 5.56 Å². The number of nitrogens with zero attached hydrogens (tertiary/aromatic N) is 2. The molecule has 0 radical (unpaired) electrons. The van der Waals surface area contributed by atoms with Gasteiger partial charge in [-0.05, 0) is 98.7 Å². The second-order valence-corrected chi connectivity index (χ2v) is 11.6. The third-order valence-electron chi connectivity index (χ3n) is 5.96. The number of esters is 2. The lowest BCUT2D eigenvalue weighted by Gasteiger charge is -2.25. The maximum Gasteiger partial charge on any atom is 0.338 e. The molecule has 0 fully saturated rings. The first-order chi connectivity index (χ1) is 19.5. The molecular weight excluding hydrogens is 659 g/mol. The minimum atomic E-state index is -0.731. The van der Waals surface area contributed by atoms with Crippen LogP contribution in [-0.4, -0.2) is 35.8 Å². The molecule has 216 valence electrons. The lowest BCUT2D eigenvalue weighted by Crippen LogP contribution is -2.39. The van der Waals surface area contributed by atoms with Gasteiger partial charge in [0.05, 0.1) is 44.7 Å². The maximum atomic E-state index is 13.9. The van der Waals surface area contributed by atoms with Gasteiger partial charge >= 0.3 is 11.9 Å². The normalized spacial score (nSPS) is 14.9. The summed E-state index contributed by atoms with van der Waals surface area (Å²) in [5.41, 5.74) is 1.91. The van der Waals surface area contributed by atoms with Crippen LogP contribution in [0.3, 0.4) is 0 Å². The van der Waals surface area contributed by atoms with Gasteiger partial charge in [-0.15, -0.1) is 0 Å². The predicted octanol–water partition coefficient (Wildman–Crippen LogP) is 4.51. The summed E-state index contributed by atoms with van der Waals surface area (Å²) in [5, 5.41) is 0. The molecule has 1 aliphatic heterocycles. The number of thiazole rings is 1. The Morgan fingerprint density at radius 2 is 1.85 bits per heavy atom. The van der Waals surface area contributed by atoms with Crippen LogP contribution < -0.4 is 29.1 Å². The van der Waals surface area contributed by atoms with E-state index >= 15 is 0 Å². The number of carbonyl (C=O) groups is 2. The number of ether oxygens (including phenoxy) is 4. The zero-order chi connectivity index (χ0) is 29.8. The zero-order valence-corrected chi connectivity index (χ0v) is 26.6. The van der Waals surface area contributed by atoms with E-state index in [9.17, 15) is 14.4 Å². The van der Waals surface area contributed by atoms with Crippen molar-refractivity contribution < 1.29 is 28.5 Å². The summed E-state index contributed by atoms with van der Waals surface area (Å²) in [4.78, 5) is 43.8. The lowest BCUT2D eigenvalue weighted by molar-refractivity contribution is -0.139. The number of aromatic nitrogens is 1. The van der Waals surface area contributed by atoms with E-state index in [0.29, 0.717) is 53.6 Å². The lowest BCUT2D eigenvalue weighted by atomic mass is 9.96. The minimum Gasteiger partial charge on any atom is -0.491 e. The molecule has 1 aliphatic rings. The fourth-order valence-corrected chi connectivity index (χ4v) is 6.22. The summed E-state index contributed by atoms with van der Waals surface area (Å²) in [7, 11) is 0. The number of hydrogen-bond donors (Lipinski definition) is 0. The van der Waals surface area contributed by atoms with Crippen LogP contribution >= 0.6 is 33.9 Å². The molecule has 0 spiro atoms. The molecule has 2 heterocycles. The minimum absolute atomic E-state index is 0.00477. The summed E-state index contributed by atoms with van der Waals surface area (Å²) < 4.78 is 24.9. The highest BCUT2D eigenvalue weighted by Crippen LogP contribution is 2.35. The van der Waals surface area contributed by atoms with E-state index in [1.165, 1.54) is 22.8 Å². The van der Waals surface area contributed by atoms with E-state index < -0.39 is 18.0 Å². The first-order valence-corrected chi connectivity index (χ1v) is 15.0. The Hall–Kier alpha value is -3.45. The van der Waals surface area contributed by atoms with Gasteiger partial charge in [0.25, 0.3) is 5.56 Å². The molecule has 4 rings (SSSR count). The van der Waals surface area contributed by atoms with Crippen LogP contribution in [-0.2, 0) is 14.3 Å². The van der Waals surface area contributed by atoms with Crippen LogP contribution in [0.2, 0.25) is 0 Å². The molecule has 1 atom stereocenters. The Morgan fingerprint density at radius 3 is 2.46 bits per heavy atom. The number of carbonyl (C=O) groups excluding carboxylic acids is 2. The average molecular weight is 691 g/mol. The summed E-state index contributed by atoms with van der Waals surface area (Å²) in [6.45, 7) is 11.1. The monoisotopic (exact) mass is 690 g/mol. The average Bonchev–Trinajstić information content (AvgIpc) is 3.19. The van der Waals surface area contributed by atoms with Crippen molar-refractivity contribution >= 4 is 51.9 Å². The van der Waals surface area contributed by atoms with Gasteiger partial charge in [-0.25, -0.2) is 9.79 Å². The number of allylic oxidation sites excluding steroid dienone is 1. The van der Waals surface area contributed by atoms with E-state index in [2.05, 4.69) is 27.6 Å². The molecule has 41 heavy (non-hydrogen) atoms. The molecular formula is C30H31IN2O7S. The molecule has 0 amide bonds. The van der Waals surface area contributed by atoms with Gasteiger partial charge in [-0.1, -0.05) is 23.5 Å². The molecule has 0 N–H and O–H groups in total. The first kappa shape index (κ1) is 30.5. The quantitative estimate of drug-likeness (QED) is 0.185. The Bertz CT molecular complexity index is 1690. The molecule has 1 aromatic heterocycles. The topological polar surface area (TPSA) is 105 Å². The summed E-state index contributed by atoms with van der Waals surface area (Å²) in [6, 6.07) is 10.1. The molecule has 0 bridgehead atoms. The fourth-order valence-electron chi connectivity index (χ4n) is 4.44. The third kappa shape index (κ3) is 6.72. The molecule has 2 aromatic carbocycles. The molecule has 3 aromatic rings. The smallest absolute Gasteiger partial charge is 0.338 e. The van der Waals surface area contributed by atoms with Gasteiger partial charge in [0.15, 0.2) is 16.3 Å². The highest BCUT2D eigenvalue weighted by Gasteiger charge is 2.33. The van der Waals surface area contributed by atoms with E-state index in [1.54, 1.807) is 32.1 Å². The number of hydrogen-bond acceptors (Lipinski definition) is 9. The van der Waals surface area contributed by atoms with Crippen LogP contribution in [0.15, 0.2) is 57.5 Å². The van der Waals surface area contributed by atoms with Crippen molar-refractivity contribution in [3.63, 3.8) is 0 Å². The van der Waals surface area contributed by atoms with Gasteiger partial charge in [-0.2, -0.15) is 0 Å². The van der Waals surface area contributed by atoms with Crippen molar-refractivity contribution in [2.24, 2.45) is 4.99 Å². The molecule has 0 aliphatic carbocycles. The summed E-state index contributed by atoms with van der Waals surface area (Å²) in [6.07, 6.45) is 1.75. The van der Waals surface area contributed by atoms with Gasteiger partial charge in [0, 0.05) is 6.92 Å². The van der Waals surface area contributed by atoms with Crippen LogP contribution in [0.5, 0.6) is 17.2 Å². The van der Waals surface area contributed by atoms with E-state index in [1.807, 2.05) is 45.0 Å². The van der Waals surface area contributed by atoms with Crippen molar-refractivity contribution in [2.45, 2.75) is 53.7 Å². The Balaban J connectivity index is 1.88. The van der Waals surface area contributed by atoms with Crippen molar-refractivity contribution in [2.75, 3.05) is 13.2 Å². The first-order valence-electron chi connectivity index (χ1n) is 13.1. The van der Waals surface area contributed by atoms with Crippen LogP contribution in [0.25, 0.3) is 6.08 Å². The maximum absolute atomic E-state index is 13.9. The van der Waals surface area contributed by atoms with Crippen LogP contribution in [0.4, 0.5) is 0 Å². The summed E-state index contributed by atoms with van der Waals surface area (Å²) in [5.74, 6) is 0.439. The Kier molecular flexibility index (Phi) is 9.69. The van der Waals surface area contributed by atoms with Crippen molar-refractivity contribution in [1.82, 2.24) is 4.57 Å². The summed E-state index contributed by atoms with van der Waals surface area (Å²) >= 11 is 3.30. The molecule has 9 nitrogen and oxygen atoms in total. The van der Waals surface area contributed by atoms with Gasteiger partial charge in [0.2, 0.25) is 0 Å². The van der Waals surface area contributed by atoms with Gasteiger partial charge in [-0.3, -0.25) is 14.2 Å². The van der Waals surface area contributed by atoms with Crippen molar-refractivity contribution in [3.8, 4) is 17.2 Å². The van der Waals surface area contributed by atoms with E-state index in [-0.39, 0.29) is 18.3 Å². The van der Waals surface area contributed by atoms with Gasteiger partial charge < -0.3 is 18.9 Å². The Morgan fingerprint density at radius 1 is 1.15 bits per heavy atom. The fraction of sp³-hybridized carbons (Fsp3) is 0.333. The second kappa shape index (κ2) is 13.0. The van der Waals surface area contributed by atoms with Crippen molar-refractivity contribution in [1.29, 1.82) is 0 Å². The number of fused-ring (bicyclic) bond motifs is 1. The SMILES string of the molecule is CCOC(=O)C1=C(C)N=c2s/c(=C\c3cc(I)c(OC(C)=O)c(OCC)c3)c(=O)n2[C@@H]1c1ccc(OC(C)C)cc1. The van der Waals surface area contributed by atoms with Gasteiger partial charge in [0.1, 0.15) is 5.75 Å². The molecule has 0 unspecified atom stereocenters. The Labute approximate surface area is 255 Å². The number of halogens is 1. The highest BCUT2D eigenvalue weighted by molar-refractivity contribution is 14.1.